The average Bonchev–Trinajstić information content (AvgIpc) is 3.28. The highest BCUT2D eigenvalue weighted by molar-refractivity contribution is 7.90. The monoisotopic (exact) mass is 480 g/mol. The molecule has 2 N–H and O–H groups in total. The summed E-state index contributed by atoms with van der Waals surface area (Å²) in [6.07, 6.45) is 5.63. The minimum absolute atomic E-state index is 0.305. The summed E-state index contributed by atoms with van der Waals surface area (Å²) in [4.78, 5) is 17.5. The summed E-state index contributed by atoms with van der Waals surface area (Å²) in [5, 5.41) is 3.43. The van der Waals surface area contributed by atoms with Gasteiger partial charge in [-0.2, -0.15) is 13.1 Å². The third kappa shape index (κ3) is 4.37. The number of halogens is 1. The molecule has 0 saturated carbocycles. The normalized spacial score (nSPS) is 16.5. The largest absolute Gasteiger partial charge is 0.322 e. The van der Waals surface area contributed by atoms with E-state index in [1.54, 1.807) is 42.5 Å². The van der Waals surface area contributed by atoms with E-state index in [-0.39, 0.29) is 5.91 Å². The molecule has 1 aromatic heterocycles. The maximum atomic E-state index is 12.8. The van der Waals surface area contributed by atoms with Crippen molar-refractivity contribution in [3.63, 3.8) is 0 Å². The van der Waals surface area contributed by atoms with Gasteiger partial charge in [-0.3, -0.25) is 14.1 Å². The van der Waals surface area contributed by atoms with E-state index in [1.807, 2.05) is 18.2 Å². The highest BCUT2D eigenvalue weighted by atomic mass is 35.5. The Labute approximate surface area is 197 Å². The zero-order valence-electron chi connectivity index (χ0n) is 17.6. The van der Waals surface area contributed by atoms with E-state index in [2.05, 4.69) is 16.1 Å². The summed E-state index contributed by atoms with van der Waals surface area (Å²) in [7, 11) is -3.54. The molecule has 0 radical (unpaired) electrons. The third-order valence-corrected chi connectivity index (χ3v) is 7.52. The van der Waals surface area contributed by atoms with Gasteiger partial charge >= 0.3 is 10.2 Å². The predicted molar refractivity (Wildman–Crippen MR) is 131 cm³/mol. The fraction of sp³-hybridized carbons (Fsp3) is 0.167. The highest BCUT2D eigenvalue weighted by Crippen LogP contribution is 2.31. The first kappa shape index (κ1) is 21.6. The van der Waals surface area contributed by atoms with Crippen molar-refractivity contribution in [1.29, 1.82) is 0 Å². The van der Waals surface area contributed by atoms with Gasteiger partial charge in [-0.05, 0) is 60.5 Å². The van der Waals surface area contributed by atoms with E-state index in [9.17, 15) is 13.2 Å². The molecule has 5 rings (SSSR count). The van der Waals surface area contributed by atoms with Gasteiger partial charge in [0.05, 0.1) is 22.1 Å². The highest BCUT2D eigenvalue weighted by Gasteiger charge is 2.25. The molecular weight excluding hydrogens is 460 g/mol. The standard InChI is InChI=1S/C24H21ClN4O3S/c25-21-11-8-18(15-20(21)23-12-7-16-3-1-4-22(16)28-23)27-24(30)17-5-9-19(10-6-17)29-14-2-13-26-33(29,31)32/h1,3,5-12,15,26H,2,4,13-14H2,(H,27,30). The van der Waals surface area contributed by atoms with Crippen molar-refractivity contribution in [2.24, 2.45) is 0 Å². The van der Waals surface area contributed by atoms with Crippen LogP contribution in [0.4, 0.5) is 11.4 Å². The average molecular weight is 481 g/mol. The SMILES string of the molecule is O=C(Nc1ccc(Cl)c(-c2ccc3c(n2)CC=C3)c1)c1ccc(N2CCCNS2(=O)=O)cc1. The number of aromatic nitrogens is 1. The molecule has 3 aromatic rings. The smallest absolute Gasteiger partial charge is 0.301 e. The van der Waals surface area contributed by atoms with Crippen molar-refractivity contribution in [2.45, 2.75) is 12.8 Å². The number of fused-ring (bicyclic) bond motifs is 1. The Morgan fingerprint density at radius 3 is 2.70 bits per heavy atom. The quantitative estimate of drug-likeness (QED) is 0.583. The molecule has 9 heteroatoms. The van der Waals surface area contributed by atoms with Crippen LogP contribution in [0.25, 0.3) is 17.3 Å². The van der Waals surface area contributed by atoms with E-state index >= 15 is 0 Å². The molecule has 2 aliphatic rings. The van der Waals surface area contributed by atoms with Crippen LogP contribution in [0.2, 0.25) is 5.02 Å². The number of hydrogen-bond donors (Lipinski definition) is 2. The number of rotatable bonds is 4. The Bertz CT molecular complexity index is 1370. The summed E-state index contributed by atoms with van der Waals surface area (Å²) >= 11 is 6.42. The van der Waals surface area contributed by atoms with Crippen molar-refractivity contribution >= 4 is 45.2 Å². The first-order chi connectivity index (χ1) is 15.9. The van der Waals surface area contributed by atoms with Crippen LogP contribution in [0.3, 0.4) is 0 Å². The molecule has 1 aliphatic heterocycles. The van der Waals surface area contributed by atoms with Crippen LogP contribution < -0.4 is 14.3 Å². The van der Waals surface area contributed by atoms with Crippen LogP contribution in [0, 0.1) is 0 Å². The molecule has 1 fully saturated rings. The zero-order valence-corrected chi connectivity index (χ0v) is 19.2. The Balaban J connectivity index is 1.34. The fourth-order valence-corrected chi connectivity index (χ4v) is 5.49. The first-order valence-electron chi connectivity index (χ1n) is 10.6. The number of amides is 1. The number of pyridine rings is 1. The number of hydrogen-bond acceptors (Lipinski definition) is 4. The number of nitrogens with one attached hydrogen (secondary N) is 2. The van der Waals surface area contributed by atoms with Crippen LogP contribution in [0.15, 0.2) is 60.7 Å². The van der Waals surface area contributed by atoms with Gasteiger partial charge in [-0.1, -0.05) is 29.8 Å². The molecule has 1 aliphatic carbocycles. The van der Waals surface area contributed by atoms with Gasteiger partial charge in [0.15, 0.2) is 0 Å². The first-order valence-corrected chi connectivity index (χ1v) is 12.4. The molecule has 0 spiro atoms. The van der Waals surface area contributed by atoms with Gasteiger partial charge in [0, 0.05) is 36.3 Å². The number of anilines is 2. The minimum atomic E-state index is -3.54. The molecule has 168 valence electrons. The number of benzene rings is 2. The maximum absolute atomic E-state index is 12.8. The molecule has 1 amide bonds. The second-order valence-electron chi connectivity index (χ2n) is 7.86. The second kappa shape index (κ2) is 8.62. The fourth-order valence-electron chi connectivity index (χ4n) is 3.95. The number of nitrogens with zero attached hydrogens (tertiary/aromatic N) is 2. The zero-order chi connectivity index (χ0) is 23.0. The molecular formula is C24H21ClN4O3S. The van der Waals surface area contributed by atoms with Crippen molar-refractivity contribution in [3.8, 4) is 11.3 Å². The van der Waals surface area contributed by atoms with Gasteiger partial charge in [0.1, 0.15) is 0 Å². The second-order valence-corrected chi connectivity index (χ2v) is 9.95. The van der Waals surface area contributed by atoms with E-state index in [1.165, 1.54) is 4.31 Å². The summed E-state index contributed by atoms with van der Waals surface area (Å²) in [6, 6.07) is 15.7. The minimum Gasteiger partial charge on any atom is -0.322 e. The van der Waals surface area contributed by atoms with Crippen molar-refractivity contribution in [1.82, 2.24) is 9.71 Å². The maximum Gasteiger partial charge on any atom is 0.301 e. The van der Waals surface area contributed by atoms with E-state index in [0.29, 0.717) is 35.1 Å². The van der Waals surface area contributed by atoms with Crippen LogP contribution >= 0.6 is 11.6 Å². The van der Waals surface area contributed by atoms with Gasteiger partial charge in [0.25, 0.3) is 5.91 Å². The van der Waals surface area contributed by atoms with Gasteiger partial charge in [0.2, 0.25) is 0 Å². The number of carbonyl (C=O) groups excluding carboxylic acids is 1. The lowest BCUT2D eigenvalue weighted by molar-refractivity contribution is 0.102. The lowest BCUT2D eigenvalue weighted by atomic mass is 10.1. The van der Waals surface area contributed by atoms with E-state index in [4.69, 9.17) is 16.6 Å². The Hall–Kier alpha value is -3.20. The van der Waals surface area contributed by atoms with Crippen molar-refractivity contribution in [3.05, 3.63) is 82.5 Å². The van der Waals surface area contributed by atoms with Crippen molar-refractivity contribution in [2.75, 3.05) is 22.7 Å². The molecule has 7 nitrogen and oxygen atoms in total. The number of carbonyl (C=O) groups is 1. The van der Waals surface area contributed by atoms with Gasteiger partial charge in [-0.25, -0.2) is 0 Å². The molecule has 1 saturated heterocycles. The van der Waals surface area contributed by atoms with Crippen molar-refractivity contribution < 1.29 is 13.2 Å². The van der Waals surface area contributed by atoms with Crippen LogP contribution in [-0.4, -0.2) is 32.4 Å². The predicted octanol–water partition coefficient (Wildman–Crippen LogP) is 4.27. The van der Waals surface area contributed by atoms with Gasteiger partial charge in [-0.15, -0.1) is 0 Å². The van der Waals surface area contributed by atoms with Crippen LogP contribution in [0.5, 0.6) is 0 Å². The lowest BCUT2D eigenvalue weighted by Gasteiger charge is -2.28. The molecule has 0 unspecified atom stereocenters. The molecule has 2 aromatic carbocycles. The summed E-state index contributed by atoms with van der Waals surface area (Å²) < 4.78 is 28.2. The Morgan fingerprint density at radius 2 is 1.91 bits per heavy atom. The Kier molecular flexibility index (Phi) is 5.65. The molecule has 0 bridgehead atoms. The molecule has 0 atom stereocenters. The topological polar surface area (TPSA) is 91.4 Å². The summed E-state index contributed by atoms with van der Waals surface area (Å²) in [5.41, 5.74) is 5.12. The van der Waals surface area contributed by atoms with Gasteiger partial charge < -0.3 is 5.32 Å². The van der Waals surface area contributed by atoms with E-state index in [0.717, 1.165) is 35.4 Å². The van der Waals surface area contributed by atoms with Crippen LogP contribution in [-0.2, 0) is 16.6 Å². The number of allylic oxidation sites excluding steroid dienone is 1. The van der Waals surface area contributed by atoms with Crippen LogP contribution in [0.1, 0.15) is 28.0 Å². The third-order valence-electron chi connectivity index (χ3n) is 5.65. The molecule has 2 heterocycles. The summed E-state index contributed by atoms with van der Waals surface area (Å²) in [6.45, 7) is 0.835. The molecule has 33 heavy (non-hydrogen) atoms. The lowest BCUT2D eigenvalue weighted by Crippen LogP contribution is -2.47. The Morgan fingerprint density at radius 1 is 1.09 bits per heavy atom. The van der Waals surface area contributed by atoms with E-state index < -0.39 is 10.2 Å². The summed E-state index contributed by atoms with van der Waals surface area (Å²) in [5.74, 6) is -0.305.